The van der Waals surface area contributed by atoms with E-state index in [1.807, 2.05) is 0 Å². The van der Waals surface area contributed by atoms with E-state index in [0.29, 0.717) is 44.0 Å². The molecule has 2 atom stereocenters. The van der Waals surface area contributed by atoms with Gasteiger partial charge in [0, 0.05) is 24.9 Å². The average Bonchev–Trinajstić information content (AvgIpc) is 3.38. The molecular weight excluding hydrogens is 306 g/mol. The second-order valence-electron chi connectivity index (χ2n) is 7.12. The van der Waals surface area contributed by atoms with Gasteiger partial charge in [-0.1, -0.05) is 0 Å². The lowest BCUT2D eigenvalue weighted by Gasteiger charge is -2.22. The SMILES string of the molecule is O=S(=O)(C1CC1)N1C[C@H]2COC[C@@]2(c2nnc(C3CC3)o2)C1. The van der Waals surface area contributed by atoms with Gasteiger partial charge in [0.1, 0.15) is 0 Å². The minimum Gasteiger partial charge on any atom is -0.424 e. The Morgan fingerprint density at radius 2 is 2.00 bits per heavy atom. The van der Waals surface area contributed by atoms with Crippen LogP contribution in [0.5, 0.6) is 0 Å². The molecule has 2 aliphatic heterocycles. The number of hydrogen-bond acceptors (Lipinski definition) is 6. The molecule has 2 saturated heterocycles. The Hall–Kier alpha value is -0.990. The first-order chi connectivity index (χ1) is 10.6. The van der Waals surface area contributed by atoms with Gasteiger partial charge in [-0.2, -0.15) is 0 Å². The summed E-state index contributed by atoms with van der Waals surface area (Å²) >= 11 is 0. The molecule has 7 nitrogen and oxygen atoms in total. The summed E-state index contributed by atoms with van der Waals surface area (Å²) < 4.78 is 38.3. The van der Waals surface area contributed by atoms with Gasteiger partial charge in [0.2, 0.25) is 21.8 Å². The topological polar surface area (TPSA) is 85.5 Å². The first-order valence-electron chi connectivity index (χ1n) is 8.00. The normalized spacial score (nSPS) is 35.9. The number of ether oxygens (including phenoxy) is 1. The van der Waals surface area contributed by atoms with Gasteiger partial charge in [-0.25, -0.2) is 12.7 Å². The molecule has 22 heavy (non-hydrogen) atoms. The quantitative estimate of drug-likeness (QED) is 0.807. The van der Waals surface area contributed by atoms with E-state index in [2.05, 4.69) is 10.2 Å². The molecule has 2 aliphatic carbocycles. The van der Waals surface area contributed by atoms with Gasteiger partial charge >= 0.3 is 0 Å². The summed E-state index contributed by atoms with van der Waals surface area (Å²) in [6, 6.07) is 0. The van der Waals surface area contributed by atoms with Crippen LogP contribution in [0, 0.1) is 5.92 Å². The molecular formula is C14H19N3O4S. The first-order valence-corrected chi connectivity index (χ1v) is 9.50. The lowest BCUT2D eigenvalue weighted by molar-refractivity contribution is 0.155. The first kappa shape index (κ1) is 13.4. The maximum absolute atomic E-state index is 12.5. The molecule has 0 bridgehead atoms. The highest BCUT2D eigenvalue weighted by Crippen LogP contribution is 2.47. The summed E-state index contributed by atoms with van der Waals surface area (Å²) in [6.45, 7) is 1.97. The van der Waals surface area contributed by atoms with Crippen LogP contribution in [0.25, 0.3) is 0 Å². The van der Waals surface area contributed by atoms with Crippen molar-refractivity contribution in [2.24, 2.45) is 5.92 Å². The molecule has 8 heteroatoms. The second kappa shape index (κ2) is 4.30. The summed E-state index contributed by atoms with van der Waals surface area (Å²) in [5.74, 6) is 1.81. The van der Waals surface area contributed by atoms with E-state index in [1.54, 1.807) is 4.31 Å². The van der Waals surface area contributed by atoms with E-state index in [9.17, 15) is 8.42 Å². The highest BCUT2D eigenvalue weighted by molar-refractivity contribution is 7.90. The van der Waals surface area contributed by atoms with Crippen LogP contribution in [0.4, 0.5) is 0 Å². The largest absolute Gasteiger partial charge is 0.424 e. The fourth-order valence-corrected chi connectivity index (χ4v) is 5.65. The van der Waals surface area contributed by atoms with Crippen molar-refractivity contribution >= 4 is 10.0 Å². The van der Waals surface area contributed by atoms with E-state index in [-0.39, 0.29) is 11.2 Å². The molecule has 0 aromatic carbocycles. The molecule has 0 N–H and O–H groups in total. The number of nitrogens with zero attached hydrogens (tertiary/aromatic N) is 3. The number of hydrogen-bond donors (Lipinski definition) is 0. The molecule has 4 fully saturated rings. The van der Waals surface area contributed by atoms with E-state index in [4.69, 9.17) is 9.15 Å². The summed E-state index contributed by atoms with van der Waals surface area (Å²) in [6.07, 6.45) is 3.80. The standard InChI is InChI=1S/C14H19N3O4S/c18-22(19,11-3-4-11)17-5-10-6-20-8-14(10,7-17)13-16-15-12(21-13)9-1-2-9/h9-11H,1-8H2/t10-,14-/m0/s1. The molecule has 1 aromatic rings. The van der Waals surface area contributed by atoms with Gasteiger partial charge in [0.25, 0.3) is 0 Å². The summed E-state index contributed by atoms with van der Waals surface area (Å²) in [4.78, 5) is 0. The van der Waals surface area contributed by atoms with E-state index < -0.39 is 15.4 Å². The molecule has 5 rings (SSSR count). The number of fused-ring (bicyclic) bond motifs is 1. The summed E-state index contributed by atoms with van der Waals surface area (Å²) in [5.41, 5.74) is -0.442. The minimum atomic E-state index is -3.16. The molecule has 2 saturated carbocycles. The summed E-state index contributed by atoms with van der Waals surface area (Å²) in [7, 11) is -3.16. The number of rotatable bonds is 4. The van der Waals surface area contributed by atoms with E-state index in [0.717, 1.165) is 25.7 Å². The third kappa shape index (κ3) is 1.83. The van der Waals surface area contributed by atoms with Gasteiger partial charge in [-0.15, -0.1) is 10.2 Å². The second-order valence-corrected chi connectivity index (χ2v) is 9.34. The summed E-state index contributed by atoms with van der Waals surface area (Å²) in [5, 5.41) is 8.25. The lowest BCUT2D eigenvalue weighted by Crippen LogP contribution is -2.38. The van der Waals surface area contributed by atoms with Crippen molar-refractivity contribution in [3.05, 3.63) is 11.8 Å². The Labute approximate surface area is 129 Å². The Balaban J connectivity index is 1.48. The molecule has 1 aromatic heterocycles. The molecule has 0 amide bonds. The zero-order valence-electron chi connectivity index (χ0n) is 12.3. The highest BCUT2D eigenvalue weighted by Gasteiger charge is 2.59. The van der Waals surface area contributed by atoms with Crippen LogP contribution in [0.2, 0.25) is 0 Å². The smallest absolute Gasteiger partial charge is 0.226 e. The van der Waals surface area contributed by atoms with Crippen LogP contribution in [-0.2, 0) is 20.2 Å². The molecule has 0 unspecified atom stereocenters. The Morgan fingerprint density at radius 3 is 2.73 bits per heavy atom. The van der Waals surface area contributed by atoms with Crippen molar-refractivity contribution < 1.29 is 17.6 Å². The predicted molar refractivity (Wildman–Crippen MR) is 75.8 cm³/mol. The van der Waals surface area contributed by atoms with Gasteiger partial charge < -0.3 is 9.15 Å². The van der Waals surface area contributed by atoms with E-state index in [1.165, 1.54) is 0 Å². The zero-order chi connectivity index (χ0) is 14.9. The maximum atomic E-state index is 12.5. The monoisotopic (exact) mass is 325 g/mol. The minimum absolute atomic E-state index is 0.119. The van der Waals surface area contributed by atoms with Crippen LogP contribution >= 0.6 is 0 Å². The van der Waals surface area contributed by atoms with Crippen molar-refractivity contribution in [1.82, 2.24) is 14.5 Å². The molecule has 4 aliphatic rings. The Bertz CT molecular complexity index is 709. The van der Waals surface area contributed by atoms with Crippen LogP contribution in [0.3, 0.4) is 0 Å². The number of aromatic nitrogens is 2. The predicted octanol–water partition coefficient (Wildman–Crippen LogP) is 0.639. The van der Waals surface area contributed by atoms with E-state index >= 15 is 0 Å². The van der Waals surface area contributed by atoms with Crippen LogP contribution < -0.4 is 0 Å². The molecule has 0 spiro atoms. The fraction of sp³-hybridized carbons (Fsp3) is 0.857. The van der Waals surface area contributed by atoms with Crippen molar-refractivity contribution in [2.45, 2.75) is 42.3 Å². The van der Waals surface area contributed by atoms with Gasteiger partial charge in [-0.05, 0) is 25.7 Å². The highest BCUT2D eigenvalue weighted by atomic mass is 32.2. The molecule has 120 valence electrons. The van der Waals surface area contributed by atoms with Crippen LogP contribution in [0.15, 0.2) is 4.42 Å². The Kier molecular flexibility index (Phi) is 2.63. The molecule has 0 radical (unpaired) electrons. The third-order valence-corrected chi connectivity index (χ3v) is 7.75. The van der Waals surface area contributed by atoms with Crippen molar-refractivity contribution in [1.29, 1.82) is 0 Å². The fourth-order valence-electron chi connectivity index (χ4n) is 3.69. The van der Waals surface area contributed by atoms with Crippen molar-refractivity contribution in [2.75, 3.05) is 26.3 Å². The van der Waals surface area contributed by atoms with Crippen LogP contribution in [0.1, 0.15) is 43.4 Å². The van der Waals surface area contributed by atoms with Crippen molar-refractivity contribution in [3.63, 3.8) is 0 Å². The zero-order valence-corrected chi connectivity index (χ0v) is 13.1. The maximum Gasteiger partial charge on any atom is 0.226 e. The molecule has 3 heterocycles. The van der Waals surface area contributed by atoms with Crippen LogP contribution in [-0.4, -0.2) is 54.5 Å². The van der Waals surface area contributed by atoms with Gasteiger partial charge in [0.15, 0.2) is 0 Å². The van der Waals surface area contributed by atoms with Gasteiger partial charge in [-0.3, -0.25) is 0 Å². The number of sulfonamides is 1. The van der Waals surface area contributed by atoms with Gasteiger partial charge in [0.05, 0.1) is 23.9 Å². The third-order valence-electron chi connectivity index (χ3n) is 5.44. The average molecular weight is 325 g/mol. The lowest BCUT2D eigenvalue weighted by atomic mass is 9.81. The van der Waals surface area contributed by atoms with Crippen molar-refractivity contribution in [3.8, 4) is 0 Å². The Morgan fingerprint density at radius 1 is 1.18 bits per heavy atom.